The van der Waals surface area contributed by atoms with E-state index in [1.54, 1.807) is 0 Å². The molecule has 3 rings (SSSR count). The summed E-state index contributed by atoms with van der Waals surface area (Å²) in [7, 11) is 0. The summed E-state index contributed by atoms with van der Waals surface area (Å²) in [5, 5.41) is 3.06. The van der Waals surface area contributed by atoms with Crippen molar-refractivity contribution in [3.63, 3.8) is 0 Å². The Morgan fingerprint density at radius 1 is 1.19 bits per heavy atom. The first kappa shape index (κ1) is 10.6. The number of rotatable bonds is 4. The van der Waals surface area contributed by atoms with E-state index in [0.29, 0.717) is 30.2 Å². The first-order valence-corrected chi connectivity index (χ1v) is 6.80. The van der Waals surface area contributed by atoms with Crippen molar-refractivity contribution in [2.45, 2.75) is 44.6 Å². The van der Waals surface area contributed by atoms with Crippen LogP contribution in [0.3, 0.4) is 0 Å². The Kier molecular flexibility index (Phi) is 2.66. The highest BCUT2D eigenvalue weighted by Gasteiger charge is 2.54. The van der Waals surface area contributed by atoms with Gasteiger partial charge in [-0.05, 0) is 43.4 Å². The molecule has 3 fully saturated rings. The molecule has 0 aromatic carbocycles. The van der Waals surface area contributed by atoms with Gasteiger partial charge in [0.05, 0.1) is 0 Å². The predicted molar refractivity (Wildman–Crippen MR) is 62.6 cm³/mol. The maximum absolute atomic E-state index is 12.0. The topological polar surface area (TPSA) is 55.1 Å². The van der Waals surface area contributed by atoms with Crippen molar-refractivity contribution in [3.8, 4) is 0 Å². The van der Waals surface area contributed by atoms with Crippen LogP contribution in [-0.4, -0.2) is 18.5 Å². The number of nitrogens with two attached hydrogens (primary N) is 1. The van der Waals surface area contributed by atoms with Gasteiger partial charge in [0.15, 0.2) is 0 Å². The molecule has 90 valence electrons. The molecule has 3 nitrogen and oxygen atoms in total. The van der Waals surface area contributed by atoms with E-state index in [1.807, 2.05) is 0 Å². The number of fused-ring (bicyclic) bond motifs is 1. The molecular formula is C13H22N2O. The minimum atomic E-state index is 0.199. The lowest BCUT2D eigenvalue weighted by Gasteiger charge is -2.11. The van der Waals surface area contributed by atoms with E-state index in [0.717, 1.165) is 0 Å². The lowest BCUT2D eigenvalue weighted by atomic mass is 10.0. The van der Waals surface area contributed by atoms with Gasteiger partial charge in [-0.2, -0.15) is 0 Å². The largest absolute Gasteiger partial charge is 0.354 e. The molecule has 0 aromatic heterocycles. The van der Waals surface area contributed by atoms with Crippen molar-refractivity contribution >= 4 is 5.91 Å². The smallest absolute Gasteiger partial charge is 0.223 e. The second-order valence-corrected chi connectivity index (χ2v) is 5.88. The summed E-state index contributed by atoms with van der Waals surface area (Å²) in [5.74, 6) is 2.74. The highest BCUT2D eigenvalue weighted by molar-refractivity contribution is 5.82. The summed E-state index contributed by atoms with van der Waals surface area (Å²) in [6, 6.07) is 0.199. The minimum absolute atomic E-state index is 0.199. The van der Waals surface area contributed by atoms with Crippen molar-refractivity contribution in [2.75, 3.05) is 6.54 Å². The van der Waals surface area contributed by atoms with E-state index in [4.69, 9.17) is 5.73 Å². The molecule has 0 spiro atoms. The molecule has 16 heavy (non-hydrogen) atoms. The van der Waals surface area contributed by atoms with Crippen molar-refractivity contribution in [3.05, 3.63) is 0 Å². The van der Waals surface area contributed by atoms with Gasteiger partial charge in [-0.1, -0.05) is 12.8 Å². The zero-order valence-electron chi connectivity index (χ0n) is 9.82. The summed E-state index contributed by atoms with van der Waals surface area (Å²) in [6.45, 7) is 0.694. The van der Waals surface area contributed by atoms with Gasteiger partial charge >= 0.3 is 0 Å². The number of hydrogen-bond donors (Lipinski definition) is 2. The molecule has 3 unspecified atom stereocenters. The summed E-state index contributed by atoms with van der Waals surface area (Å²) < 4.78 is 0. The Bertz CT molecular complexity index is 276. The van der Waals surface area contributed by atoms with E-state index in [9.17, 15) is 4.79 Å². The third-order valence-corrected chi connectivity index (χ3v) is 4.70. The van der Waals surface area contributed by atoms with Gasteiger partial charge in [-0.15, -0.1) is 0 Å². The van der Waals surface area contributed by atoms with Crippen LogP contribution in [0, 0.1) is 23.7 Å². The van der Waals surface area contributed by atoms with E-state index < -0.39 is 0 Å². The van der Waals surface area contributed by atoms with Crippen LogP contribution in [-0.2, 0) is 4.79 Å². The Morgan fingerprint density at radius 2 is 1.81 bits per heavy atom. The number of nitrogens with one attached hydrogen (secondary N) is 1. The average molecular weight is 222 g/mol. The maximum Gasteiger partial charge on any atom is 0.223 e. The van der Waals surface area contributed by atoms with E-state index >= 15 is 0 Å². The van der Waals surface area contributed by atoms with Gasteiger partial charge in [0.2, 0.25) is 5.91 Å². The molecule has 0 aliphatic heterocycles. The molecule has 0 bridgehead atoms. The van der Waals surface area contributed by atoms with Crippen LogP contribution in [0.25, 0.3) is 0 Å². The van der Waals surface area contributed by atoms with Crippen molar-refractivity contribution in [1.29, 1.82) is 0 Å². The fourth-order valence-corrected chi connectivity index (χ4v) is 3.41. The van der Waals surface area contributed by atoms with Gasteiger partial charge < -0.3 is 11.1 Å². The second-order valence-electron chi connectivity index (χ2n) is 5.88. The molecule has 3 N–H and O–H groups in total. The summed E-state index contributed by atoms with van der Waals surface area (Å²) >= 11 is 0. The summed E-state index contributed by atoms with van der Waals surface area (Å²) in [4.78, 5) is 12.0. The Balaban J connectivity index is 1.43. The van der Waals surface area contributed by atoms with Gasteiger partial charge in [0, 0.05) is 18.5 Å². The van der Waals surface area contributed by atoms with E-state index in [1.165, 1.54) is 38.5 Å². The third-order valence-electron chi connectivity index (χ3n) is 4.70. The number of carbonyl (C=O) groups excluding carboxylic acids is 1. The number of amides is 1. The molecule has 3 atom stereocenters. The average Bonchev–Trinajstić information content (AvgIpc) is 3.16. The monoisotopic (exact) mass is 222 g/mol. The SMILES string of the molecule is NC(CNC(=O)C1C2CCCCC21)C1CC1. The van der Waals surface area contributed by atoms with Gasteiger partial charge in [0.25, 0.3) is 0 Å². The second kappa shape index (κ2) is 4.02. The van der Waals surface area contributed by atoms with Crippen molar-refractivity contribution in [2.24, 2.45) is 29.4 Å². The van der Waals surface area contributed by atoms with Gasteiger partial charge in [-0.3, -0.25) is 4.79 Å². The molecule has 0 saturated heterocycles. The quantitative estimate of drug-likeness (QED) is 0.752. The highest BCUT2D eigenvalue weighted by atomic mass is 16.2. The Labute approximate surface area is 97.2 Å². The van der Waals surface area contributed by atoms with Gasteiger partial charge in [0.1, 0.15) is 0 Å². The van der Waals surface area contributed by atoms with Crippen molar-refractivity contribution in [1.82, 2.24) is 5.32 Å². The van der Waals surface area contributed by atoms with Crippen LogP contribution in [0.2, 0.25) is 0 Å². The number of hydrogen-bond acceptors (Lipinski definition) is 2. The first-order valence-electron chi connectivity index (χ1n) is 6.80. The van der Waals surface area contributed by atoms with Crippen LogP contribution < -0.4 is 11.1 Å². The zero-order chi connectivity index (χ0) is 11.1. The van der Waals surface area contributed by atoms with Crippen LogP contribution in [0.15, 0.2) is 0 Å². The first-order chi connectivity index (χ1) is 7.77. The molecule has 3 heteroatoms. The molecule has 0 heterocycles. The van der Waals surface area contributed by atoms with E-state index in [2.05, 4.69) is 5.32 Å². The standard InChI is InChI=1S/C13H22N2O/c14-11(8-5-6-8)7-15-13(16)12-9-3-1-2-4-10(9)12/h8-12H,1-7,14H2,(H,15,16). The summed E-state index contributed by atoms with van der Waals surface area (Å²) in [5.41, 5.74) is 5.98. The lowest BCUT2D eigenvalue weighted by Crippen LogP contribution is -2.39. The van der Waals surface area contributed by atoms with Crippen LogP contribution in [0.4, 0.5) is 0 Å². The minimum Gasteiger partial charge on any atom is -0.354 e. The van der Waals surface area contributed by atoms with Crippen LogP contribution in [0.1, 0.15) is 38.5 Å². The zero-order valence-corrected chi connectivity index (χ0v) is 9.82. The Morgan fingerprint density at radius 3 is 2.38 bits per heavy atom. The summed E-state index contributed by atoms with van der Waals surface area (Å²) in [6.07, 6.45) is 7.71. The normalized spacial score (nSPS) is 38.7. The highest BCUT2D eigenvalue weighted by Crippen LogP contribution is 2.55. The maximum atomic E-state index is 12.0. The molecule has 1 amide bonds. The molecule has 3 aliphatic carbocycles. The van der Waals surface area contributed by atoms with E-state index in [-0.39, 0.29) is 11.9 Å². The Hall–Kier alpha value is -0.570. The fourth-order valence-electron chi connectivity index (χ4n) is 3.41. The third kappa shape index (κ3) is 1.97. The molecule has 0 radical (unpaired) electrons. The molecule has 0 aromatic rings. The van der Waals surface area contributed by atoms with Crippen molar-refractivity contribution < 1.29 is 4.79 Å². The molecular weight excluding hydrogens is 200 g/mol. The fraction of sp³-hybridized carbons (Fsp3) is 0.923. The van der Waals surface area contributed by atoms with Crippen LogP contribution in [0.5, 0.6) is 0 Å². The van der Waals surface area contributed by atoms with Gasteiger partial charge in [-0.25, -0.2) is 0 Å². The molecule has 3 aliphatic rings. The lowest BCUT2D eigenvalue weighted by molar-refractivity contribution is -0.122. The number of carbonyl (C=O) groups is 1. The predicted octanol–water partition coefficient (Wildman–Crippen LogP) is 1.28. The molecule has 3 saturated carbocycles. The van der Waals surface area contributed by atoms with Crippen LogP contribution >= 0.6 is 0 Å².